The minimum atomic E-state index is 1.10. The molecular weight excluding hydrogens is 639 g/mol. The molecule has 0 unspecified atom stereocenters. The molecule has 0 aliphatic heterocycles. The van der Waals surface area contributed by atoms with Gasteiger partial charge in [0.15, 0.2) is 0 Å². The Morgan fingerprint density at radius 1 is 0.189 bits per heavy atom. The molecule has 1 heteroatoms. The van der Waals surface area contributed by atoms with E-state index in [4.69, 9.17) is 0 Å². The number of benzene rings is 9. The Bertz CT molecular complexity index is 2660. The Hall–Kier alpha value is -6.96. The first-order valence-electron chi connectivity index (χ1n) is 18.2. The van der Waals surface area contributed by atoms with Gasteiger partial charge in [0.05, 0.1) is 0 Å². The van der Waals surface area contributed by atoms with Crippen molar-refractivity contribution in [2.75, 3.05) is 4.90 Å². The summed E-state index contributed by atoms with van der Waals surface area (Å²) in [5.74, 6) is 0. The van der Waals surface area contributed by atoms with Crippen LogP contribution < -0.4 is 4.90 Å². The van der Waals surface area contributed by atoms with Gasteiger partial charge in [0.2, 0.25) is 0 Å². The third-order valence-corrected chi connectivity index (χ3v) is 10.0. The Balaban J connectivity index is 1.10. The summed E-state index contributed by atoms with van der Waals surface area (Å²) in [5.41, 5.74) is 15.3. The third-order valence-electron chi connectivity index (χ3n) is 10.0. The zero-order chi connectivity index (χ0) is 35.4. The first-order chi connectivity index (χ1) is 26.2. The molecular formula is C52H37N. The van der Waals surface area contributed by atoms with Crippen molar-refractivity contribution in [2.45, 2.75) is 0 Å². The van der Waals surface area contributed by atoms with Crippen LogP contribution in [0.2, 0.25) is 0 Å². The molecule has 0 fully saturated rings. The highest BCUT2D eigenvalue weighted by Crippen LogP contribution is 2.40. The molecule has 9 aromatic carbocycles. The third kappa shape index (κ3) is 6.77. The maximum atomic E-state index is 2.37. The summed E-state index contributed by atoms with van der Waals surface area (Å²) in [4.78, 5) is 2.37. The number of hydrogen-bond donors (Lipinski definition) is 0. The van der Waals surface area contributed by atoms with E-state index < -0.39 is 0 Å². The maximum absolute atomic E-state index is 2.37. The molecule has 0 radical (unpaired) electrons. The second-order valence-electron chi connectivity index (χ2n) is 13.4. The highest BCUT2D eigenvalue weighted by Gasteiger charge is 2.15. The lowest BCUT2D eigenvalue weighted by atomic mass is 9.97. The normalized spacial score (nSPS) is 11.0. The van der Waals surface area contributed by atoms with Crippen LogP contribution in [0.15, 0.2) is 224 Å². The van der Waals surface area contributed by atoms with Gasteiger partial charge in [0.25, 0.3) is 0 Å². The van der Waals surface area contributed by atoms with Gasteiger partial charge in [-0.2, -0.15) is 0 Å². The van der Waals surface area contributed by atoms with Gasteiger partial charge < -0.3 is 4.90 Å². The molecule has 0 aliphatic carbocycles. The van der Waals surface area contributed by atoms with Gasteiger partial charge in [-0.05, 0) is 121 Å². The number of nitrogens with zero attached hydrogens (tertiary/aromatic N) is 1. The number of anilines is 3. The largest absolute Gasteiger partial charge is 0.310 e. The fraction of sp³-hybridized carbons (Fsp3) is 0. The highest BCUT2D eigenvalue weighted by molar-refractivity contribution is 5.88. The van der Waals surface area contributed by atoms with E-state index in [1.807, 2.05) is 0 Å². The predicted octanol–water partition coefficient (Wildman–Crippen LogP) is 14.6. The fourth-order valence-corrected chi connectivity index (χ4v) is 7.29. The van der Waals surface area contributed by atoms with Crippen molar-refractivity contribution in [1.29, 1.82) is 0 Å². The standard InChI is InChI=1S/C52H37N/c1-3-13-38(14-4-1)43-19-9-21-45(33-43)48-24-12-26-52(37-48)53(51-25-11-23-47(36-51)39-15-5-2-6-16-39)50-31-29-41(30-32-50)44-20-10-22-46(34-44)49-28-27-40-17-7-8-18-42(40)35-49/h1-37H. The molecule has 0 saturated carbocycles. The average molecular weight is 676 g/mol. The van der Waals surface area contributed by atoms with Crippen LogP contribution >= 0.6 is 0 Å². The summed E-state index contributed by atoms with van der Waals surface area (Å²) < 4.78 is 0. The quantitative estimate of drug-likeness (QED) is 0.155. The lowest BCUT2D eigenvalue weighted by molar-refractivity contribution is 1.28. The summed E-state index contributed by atoms with van der Waals surface area (Å²) in [5, 5.41) is 2.51. The molecule has 9 rings (SSSR count). The smallest absolute Gasteiger partial charge is 0.0467 e. The Labute approximate surface area is 311 Å². The van der Waals surface area contributed by atoms with Crippen LogP contribution in [0.1, 0.15) is 0 Å². The zero-order valence-corrected chi connectivity index (χ0v) is 29.3. The van der Waals surface area contributed by atoms with Gasteiger partial charge in [-0.15, -0.1) is 0 Å². The molecule has 0 atom stereocenters. The maximum Gasteiger partial charge on any atom is 0.0467 e. The molecule has 0 saturated heterocycles. The fourth-order valence-electron chi connectivity index (χ4n) is 7.29. The topological polar surface area (TPSA) is 3.24 Å². The zero-order valence-electron chi connectivity index (χ0n) is 29.3. The molecule has 0 N–H and O–H groups in total. The van der Waals surface area contributed by atoms with Crippen LogP contribution in [0.5, 0.6) is 0 Å². The van der Waals surface area contributed by atoms with Crippen LogP contribution in [0.25, 0.3) is 66.4 Å². The second-order valence-corrected chi connectivity index (χ2v) is 13.4. The lowest BCUT2D eigenvalue weighted by Crippen LogP contribution is -2.10. The molecule has 250 valence electrons. The lowest BCUT2D eigenvalue weighted by Gasteiger charge is -2.27. The molecule has 53 heavy (non-hydrogen) atoms. The molecule has 0 heterocycles. The van der Waals surface area contributed by atoms with Crippen molar-refractivity contribution in [1.82, 2.24) is 0 Å². The summed E-state index contributed by atoms with van der Waals surface area (Å²) in [6.45, 7) is 0. The second kappa shape index (κ2) is 14.3. The Morgan fingerprint density at radius 3 is 1.09 bits per heavy atom. The minimum Gasteiger partial charge on any atom is -0.310 e. The summed E-state index contributed by atoms with van der Waals surface area (Å²) in [6, 6.07) is 80.8. The van der Waals surface area contributed by atoms with Gasteiger partial charge in [-0.25, -0.2) is 0 Å². The molecule has 0 amide bonds. The van der Waals surface area contributed by atoms with E-state index in [1.54, 1.807) is 0 Å². The highest BCUT2D eigenvalue weighted by atomic mass is 15.1. The van der Waals surface area contributed by atoms with Gasteiger partial charge in [-0.1, -0.05) is 170 Å². The van der Waals surface area contributed by atoms with E-state index in [0.717, 1.165) is 17.1 Å². The van der Waals surface area contributed by atoms with E-state index in [2.05, 4.69) is 229 Å². The van der Waals surface area contributed by atoms with Gasteiger partial charge in [0, 0.05) is 17.1 Å². The number of fused-ring (bicyclic) bond motifs is 1. The van der Waals surface area contributed by atoms with Gasteiger partial charge >= 0.3 is 0 Å². The first-order valence-corrected chi connectivity index (χ1v) is 18.2. The van der Waals surface area contributed by atoms with Crippen molar-refractivity contribution in [2.24, 2.45) is 0 Å². The van der Waals surface area contributed by atoms with E-state index >= 15 is 0 Å². The van der Waals surface area contributed by atoms with Gasteiger partial charge in [-0.3, -0.25) is 0 Å². The Kier molecular flexibility index (Phi) is 8.66. The van der Waals surface area contributed by atoms with Gasteiger partial charge in [0.1, 0.15) is 0 Å². The van der Waals surface area contributed by atoms with E-state index in [9.17, 15) is 0 Å². The monoisotopic (exact) mass is 675 g/mol. The number of hydrogen-bond acceptors (Lipinski definition) is 1. The van der Waals surface area contributed by atoms with Crippen LogP contribution in [0, 0.1) is 0 Å². The van der Waals surface area contributed by atoms with Crippen LogP contribution in [-0.4, -0.2) is 0 Å². The predicted molar refractivity (Wildman–Crippen MR) is 226 cm³/mol. The van der Waals surface area contributed by atoms with Crippen molar-refractivity contribution in [3.63, 3.8) is 0 Å². The van der Waals surface area contributed by atoms with Crippen LogP contribution in [-0.2, 0) is 0 Å². The molecule has 0 spiro atoms. The van der Waals surface area contributed by atoms with E-state index in [-0.39, 0.29) is 0 Å². The van der Waals surface area contributed by atoms with Crippen LogP contribution in [0.4, 0.5) is 17.1 Å². The SMILES string of the molecule is c1ccc(-c2cccc(-c3cccc(N(c4ccc(-c5cccc(-c6ccc7ccccc7c6)c5)cc4)c4cccc(-c5ccccc5)c4)c3)c2)cc1. The van der Waals surface area contributed by atoms with Crippen molar-refractivity contribution in [3.05, 3.63) is 224 Å². The Morgan fingerprint density at radius 2 is 0.547 bits per heavy atom. The molecule has 0 aliphatic rings. The van der Waals surface area contributed by atoms with Crippen LogP contribution in [0.3, 0.4) is 0 Å². The van der Waals surface area contributed by atoms with E-state index in [1.165, 1.54) is 66.4 Å². The van der Waals surface area contributed by atoms with Crippen molar-refractivity contribution >= 4 is 27.8 Å². The summed E-state index contributed by atoms with van der Waals surface area (Å²) >= 11 is 0. The summed E-state index contributed by atoms with van der Waals surface area (Å²) in [6.07, 6.45) is 0. The van der Waals surface area contributed by atoms with E-state index in [0.29, 0.717) is 0 Å². The molecule has 9 aromatic rings. The van der Waals surface area contributed by atoms with Crippen molar-refractivity contribution in [3.8, 4) is 55.6 Å². The van der Waals surface area contributed by atoms with Crippen molar-refractivity contribution < 1.29 is 0 Å². The number of rotatable bonds is 8. The molecule has 0 aromatic heterocycles. The molecule has 0 bridgehead atoms. The first kappa shape index (κ1) is 32.0. The summed E-state index contributed by atoms with van der Waals surface area (Å²) in [7, 11) is 0. The minimum absolute atomic E-state index is 1.10. The molecule has 1 nitrogen and oxygen atoms in total. The average Bonchev–Trinajstić information content (AvgIpc) is 3.25.